The second-order valence-electron chi connectivity index (χ2n) is 7.14. The van der Waals surface area contributed by atoms with Crippen LogP contribution in [0, 0.1) is 5.82 Å². The van der Waals surface area contributed by atoms with Gasteiger partial charge in [-0.1, -0.05) is 37.1 Å². The van der Waals surface area contributed by atoms with Crippen LogP contribution in [0.15, 0.2) is 53.4 Å². The number of hydrogen-bond donors (Lipinski definition) is 1. The van der Waals surface area contributed by atoms with E-state index in [-0.39, 0.29) is 4.90 Å². The minimum absolute atomic E-state index is 0.0978. The van der Waals surface area contributed by atoms with Gasteiger partial charge in [-0.3, -0.25) is 0 Å². The standard InChI is InChI=1S/C20H22F2O3S/c1-19(23,14-21)15-4-6-16(7-5-15)20(12-2-3-13-20)26(24,25)18-10-8-17(22)9-11-18/h4-11,23H,2-3,12-14H2,1H3. The third-order valence-corrected chi connectivity index (χ3v) is 7.91. The number of sulfone groups is 1. The van der Waals surface area contributed by atoms with Crippen LogP contribution in [0.3, 0.4) is 0 Å². The van der Waals surface area contributed by atoms with E-state index in [1.807, 2.05) is 0 Å². The molecule has 0 saturated heterocycles. The van der Waals surface area contributed by atoms with Gasteiger partial charge in [0.05, 0.1) is 4.90 Å². The summed E-state index contributed by atoms with van der Waals surface area (Å²) in [4.78, 5) is 0.0978. The Labute approximate surface area is 152 Å². The fourth-order valence-corrected chi connectivity index (χ4v) is 5.93. The van der Waals surface area contributed by atoms with Crippen LogP contribution in [-0.2, 0) is 20.2 Å². The highest BCUT2D eigenvalue weighted by Gasteiger charge is 2.48. The smallest absolute Gasteiger partial charge is 0.188 e. The zero-order valence-corrected chi connectivity index (χ0v) is 15.4. The van der Waals surface area contributed by atoms with E-state index >= 15 is 0 Å². The fourth-order valence-electron chi connectivity index (χ4n) is 3.71. The first kappa shape index (κ1) is 19.0. The molecule has 2 aromatic rings. The van der Waals surface area contributed by atoms with Crippen molar-refractivity contribution < 1.29 is 22.3 Å². The first-order chi connectivity index (χ1) is 12.2. The van der Waals surface area contributed by atoms with Gasteiger partial charge in [0.25, 0.3) is 0 Å². The Bertz CT molecular complexity index is 866. The summed E-state index contributed by atoms with van der Waals surface area (Å²) in [5, 5.41) is 10.1. The van der Waals surface area contributed by atoms with Crippen molar-refractivity contribution in [3.8, 4) is 0 Å². The minimum Gasteiger partial charge on any atom is -0.383 e. The van der Waals surface area contributed by atoms with E-state index in [2.05, 4.69) is 0 Å². The summed E-state index contributed by atoms with van der Waals surface area (Å²) in [6.07, 6.45) is 2.52. The second kappa shape index (κ2) is 6.74. The van der Waals surface area contributed by atoms with Gasteiger partial charge in [0, 0.05) is 0 Å². The molecule has 0 heterocycles. The van der Waals surface area contributed by atoms with Crippen molar-refractivity contribution >= 4 is 9.84 Å². The van der Waals surface area contributed by atoms with Gasteiger partial charge in [-0.15, -0.1) is 0 Å². The number of hydrogen-bond acceptors (Lipinski definition) is 3. The Hall–Kier alpha value is -1.79. The quantitative estimate of drug-likeness (QED) is 0.789. The van der Waals surface area contributed by atoms with Crippen molar-refractivity contribution in [2.24, 2.45) is 0 Å². The number of alkyl halides is 1. The largest absolute Gasteiger partial charge is 0.383 e. The lowest BCUT2D eigenvalue weighted by molar-refractivity contribution is 0.0299. The van der Waals surface area contributed by atoms with Gasteiger partial charge in [0.2, 0.25) is 0 Å². The Morgan fingerprint density at radius 2 is 1.58 bits per heavy atom. The predicted octanol–water partition coefficient (Wildman–Crippen LogP) is 4.25. The highest BCUT2D eigenvalue weighted by molar-refractivity contribution is 7.92. The zero-order valence-electron chi connectivity index (χ0n) is 14.6. The van der Waals surface area contributed by atoms with E-state index in [1.165, 1.54) is 19.1 Å². The van der Waals surface area contributed by atoms with Crippen molar-refractivity contribution in [2.45, 2.75) is 47.9 Å². The Kier molecular flexibility index (Phi) is 4.92. The Morgan fingerprint density at radius 3 is 2.08 bits per heavy atom. The molecule has 1 aliphatic rings. The molecule has 3 rings (SSSR count). The summed E-state index contributed by atoms with van der Waals surface area (Å²) in [5.74, 6) is -0.484. The van der Waals surface area contributed by atoms with Gasteiger partial charge in [-0.05, 0) is 55.2 Å². The third kappa shape index (κ3) is 3.05. The second-order valence-corrected chi connectivity index (χ2v) is 9.40. The molecular weight excluding hydrogens is 358 g/mol. The van der Waals surface area contributed by atoms with Gasteiger partial charge in [0.1, 0.15) is 22.8 Å². The monoisotopic (exact) mass is 380 g/mol. The predicted molar refractivity (Wildman–Crippen MR) is 95.7 cm³/mol. The highest BCUT2D eigenvalue weighted by atomic mass is 32.2. The molecule has 1 saturated carbocycles. The normalized spacial score (nSPS) is 19.2. The molecule has 26 heavy (non-hydrogen) atoms. The molecule has 2 aromatic carbocycles. The van der Waals surface area contributed by atoms with Crippen molar-refractivity contribution in [3.63, 3.8) is 0 Å². The van der Waals surface area contributed by atoms with Gasteiger partial charge in [0.15, 0.2) is 9.84 Å². The van der Waals surface area contributed by atoms with Crippen LogP contribution in [0.4, 0.5) is 8.78 Å². The maximum atomic E-state index is 13.4. The highest BCUT2D eigenvalue weighted by Crippen LogP contribution is 2.48. The van der Waals surface area contributed by atoms with Crippen LogP contribution < -0.4 is 0 Å². The molecule has 1 N–H and O–H groups in total. The molecule has 1 fully saturated rings. The summed E-state index contributed by atoms with van der Waals surface area (Å²) in [7, 11) is -3.73. The molecule has 1 unspecified atom stereocenters. The molecule has 0 aromatic heterocycles. The molecular formula is C20H22F2O3S. The number of aliphatic hydroxyl groups is 1. The summed E-state index contributed by atoms with van der Waals surface area (Å²) >= 11 is 0. The van der Waals surface area contributed by atoms with Crippen molar-refractivity contribution in [1.29, 1.82) is 0 Å². The van der Waals surface area contributed by atoms with E-state index in [0.29, 0.717) is 24.0 Å². The van der Waals surface area contributed by atoms with Gasteiger partial charge < -0.3 is 5.11 Å². The van der Waals surface area contributed by atoms with Crippen molar-refractivity contribution in [2.75, 3.05) is 6.67 Å². The van der Waals surface area contributed by atoms with E-state index in [4.69, 9.17) is 0 Å². The molecule has 0 aliphatic heterocycles. The molecule has 1 aliphatic carbocycles. The molecule has 0 spiro atoms. The van der Waals surface area contributed by atoms with Crippen LogP contribution in [0.1, 0.15) is 43.7 Å². The maximum absolute atomic E-state index is 13.4. The van der Waals surface area contributed by atoms with Gasteiger partial charge in [-0.2, -0.15) is 0 Å². The topological polar surface area (TPSA) is 54.4 Å². The van der Waals surface area contributed by atoms with E-state index in [0.717, 1.165) is 25.0 Å². The van der Waals surface area contributed by atoms with Crippen LogP contribution in [-0.4, -0.2) is 20.2 Å². The summed E-state index contributed by atoms with van der Waals surface area (Å²) in [6, 6.07) is 11.4. The first-order valence-electron chi connectivity index (χ1n) is 8.62. The summed E-state index contributed by atoms with van der Waals surface area (Å²) in [5.41, 5.74) is -0.578. The molecule has 1 atom stereocenters. The lowest BCUT2D eigenvalue weighted by Gasteiger charge is -2.30. The average Bonchev–Trinajstić information content (AvgIpc) is 3.14. The van der Waals surface area contributed by atoms with Crippen LogP contribution >= 0.6 is 0 Å². The molecule has 0 radical (unpaired) electrons. The maximum Gasteiger partial charge on any atom is 0.188 e. The minimum atomic E-state index is -3.73. The summed E-state index contributed by atoms with van der Waals surface area (Å²) < 4.78 is 51.9. The van der Waals surface area contributed by atoms with E-state index < -0.39 is 32.7 Å². The van der Waals surface area contributed by atoms with Crippen LogP contribution in [0.5, 0.6) is 0 Å². The summed E-state index contributed by atoms with van der Waals surface area (Å²) in [6.45, 7) is 0.452. The molecule has 6 heteroatoms. The van der Waals surface area contributed by atoms with Crippen molar-refractivity contribution in [1.82, 2.24) is 0 Å². The molecule has 0 amide bonds. The molecule has 3 nitrogen and oxygen atoms in total. The first-order valence-corrected chi connectivity index (χ1v) is 10.1. The van der Waals surface area contributed by atoms with Crippen molar-refractivity contribution in [3.05, 3.63) is 65.5 Å². The molecule has 140 valence electrons. The van der Waals surface area contributed by atoms with Crippen LogP contribution in [0.25, 0.3) is 0 Å². The lowest BCUT2D eigenvalue weighted by atomic mass is 9.91. The van der Waals surface area contributed by atoms with E-state index in [1.54, 1.807) is 24.3 Å². The molecule has 0 bridgehead atoms. The van der Waals surface area contributed by atoms with Crippen LogP contribution in [0.2, 0.25) is 0 Å². The Balaban J connectivity index is 2.07. The van der Waals surface area contributed by atoms with Gasteiger partial charge >= 0.3 is 0 Å². The number of rotatable bonds is 5. The van der Waals surface area contributed by atoms with Gasteiger partial charge in [-0.25, -0.2) is 17.2 Å². The lowest BCUT2D eigenvalue weighted by Crippen LogP contribution is -2.33. The third-order valence-electron chi connectivity index (χ3n) is 5.34. The zero-order chi connectivity index (χ0) is 19.0. The SMILES string of the molecule is CC(O)(CF)c1ccc(C2(S(=O)(=O)c3ccc(F)cc3)CCCC2)cc1. The fraction of sp³-hybridized carbons (Fsp3) is 0.400. The van der Waals surface area contributed by atoms with E-state index in [9.17, 15) is 22.3 Å². The Morgan fingerprint density at radius 1 is 1.04 bits per heavy atom. The number of halogens is 2. The average molecular weight is 380 g/mol. The number of benzene rings is 2.